The molecule has 2 atom stereocenters. The second-order valence-electron chi connectivity index (χ2n) is 11.5. The molecule has 0 fully saturated rings. The molecule has 1 aliphatic rings. The first-order valence-electron chi connectivity index (χ1n) is 14.6. The van der Waals surface area contributed by atoms with E-state index in [9.17, 15) is 30.0 Å². The number of nitrogens with zero attached hydrogens (tertiary/aromatic N) is 4. The van der Waals surface area contributed by atoms with E-state index in [1.807, 2.05) is 39.8 Å². The molecule has 2 unspecified atom stereocenters. The number of fused-ring (bicyclic) bond motifs is 8. The molecule has 45 heavy (non-hydrogen) atoms. The van der Waals surface area contributed by atoms with Gasteiger partial charge in [-0.1, -0.05) is 57.7 Å². The summed E-state index contributed by atoms with van der Waals surface area (Å²) in [5, 5.41) is 42.7. The van der Waals surface area contributed by atoms with Crippen molar-refractivity contribution in [2.24, 2.45) is 0 Å². The van der Waals surface area contributed by atoms with E-state index in [2.05, 4.69) is 0 Å². The van der Waals surface area contributed by atoms with Crippen LogP contribution in [0.4, 0.5) is 0 Å². The van der Waals surface area contributed by atoms with Crippen LogP contribution in [0.5, 0.6) is 0 Å². The molecule has 1 radical (unpaired) electrons. The summed E-state index contributed by atoms with van der Waals surface area (Å²) in [5.41, 5.74) is 8.32. The smallest absolute Gasteiger partial charge is 0.303 e. The van der Waals surface area contributed by atoms with Gasteiger partial charge in [-0.25, -0.2) is 0 Å². The van der Waals surface area contributed by atoms with E-state index in [0.717, 1.165) is 33.4 Å². The zero-order valence-corrected chi connectivity index (χ0v) is 27.1. The summed E-state index contributed by atoms with van der Waals surface area (Å²) in [4.78, 5) is 42.6. The van der Waals surface area contributed by atoms with E-state index in [4.69, 9.17) is 19.9 Å². The Kier molecular flexibility index (Phi) is 9.88. The maximum absolute atomic E-state index is 11.5. The van der Waals surface area contributed by atoms with Crippen molar-refractivity contribution in [3.63, 3.8) is 0 Å². The molecule has 11 heteroatoms. The van der Waals surface area contributed by atoms with Crippen LogP contribution in [0.2, 0.25) is 0 Å². The zero-order valence-electron chi connectivity index (χ0n) is 26.0. The predicted molar refractivity (Wildman–Crippen MR) is 164 cm³/mol. The average molecular weight is 656 g/mol. The molecule has 4 aromatic rings. The fourth-order valence-electron chi connectivity index (χ4n) is 6.15. The van der Waals surface area contributed by atoms with E-state index in [1.54, 1.807) is 26.0 Å². The minimum atomic E-state index is -0.931. The average Bonchev–Trinajstić information content (AvgIpc) is 3.59. The molecule has 5 rings (SSSR count). The van der Waals surface area contributed by atoms with Gasteiger partial charge in [0, 0.05) is 29.6 Å². The molecule has 0 spiro atoms. The number of aliphatic hydroxyl groups is 2. The second kappa shape index (κ2) is 13.1. The van der Waals surface area contributed by atoms with E-state index in [-0.39, 0.29) is 42.5 Å². The van der Waals surface area contributed by atoms with Gasteiger partial charge in [-0.3, -0.25) is 9.59 Å². The molecule has 0 saturated heterocycles. The van der Waals surface area contributed by atoms with Crippen LogP contribution in [-0.4, -0.2) is 32.4 Å². The largest absolute Gasteiger partial charge is 0.657 e. The monoisotopic (exact) mass is 655 g/mol. The molecule has 0 saturated carbocycles. The third kappa shape index (κ3) is 6.52. The van der Waals surface area contributed by atoms with Crippen molar-refractivity contribution in [3.8, 4) is 0 Å². The summed E-state index contributed by atoms with van der Waals surface area (Å²) in [6, 6.07) is 0. The standard InChI is InChI=1S/C34H36N4O6.Co/c1-15-21(7-9-31(41)42)27-14-28-22(8-10-32(43)44)16(2)24(36-28)12-29-34(20(6)40)18(4)26(38-29)13-30-33(19(5)39)17(3)25(37-30)11-23(15)35-27;/h11-14,19-20,39-40H,7-10H2,1-6H3,(H,41,42)(H,43,44);/q-4;/b23-11?,24-12-,25-11-,26-13?,27-14?,28-14-,29-12?,30-13-;. The molecule has 0 amide bonds. The van der Waals surface area contributed by atoms with Crippen molar-refractivity contribution >= 4 is 36.2 Å². The summed E-state index contributed by atoms with van der Waals surface area (Å²) >= 11 is 0. The van der Waals surface area contributed by atoms with Crippen molar-refractivity contribution in [2.45, 2.75) is 79.4 Å². The second-order valence-corrected chi connectivity index (χ2v) is 11.5. The summed E-state index contributed by atoms with van der Waals surface area (Å²) < 4.78 is 0. The minimum Gasteiger partial charge on any atom is -0.657 e. The normalized spacial score (nSPS) is 16.5. The Balaban J connectivity index is 0.00000461. The van der Waals surface area contributed by atoms with Crippen LogP contribution in [-0.2, 0) is 39.2 Å². The van der Waals surface area contributed by atoms with Gasteiger partial charge in [-0.15, -0.1) is 44.2 Å². The molecule has 4 aromatic heterocycles. The Labute approximate surface area is 270 Å². The first-order valence-corrected chi connectivity index (χ1v) is 14.6. The van der Waals surface area contributed by atoms with Crippen LogP contribution in [0.15, 0.2) is 0 Å². The third-order valence-corrected chi connectivity index (χ3v) is 8.49. The van der Waals surface area contributed by atoms with Crippen LogP contribution in [0, 0.1) is 27.7 Å². The van der Waals surface area contributed by atoms with Gasteiger partial charge < -0.3 is 40.4 Å². The van der Waals surface area contributed by atoms with Gasteiger partial charge in [0.2, 0.25) is 0 Å². The Hall–Kier alpha value is -4.03. The van der Waals surface area contributed by atoms with E-state index < -0.39 is 24.1 Å². The van der Waals surface area contributed by atoms with Gasteiger partial charge in [0.1, 0.15) is 0 Å². The molecule has 1 aliphatic heterocycles. The molecule has 0 aromatic carbocycles. The Morgan fingerprint density at radius 2 is 1.04 bits per heavy atom. The molecular weight excluding hydrogens is 619 g/mol. The van der Waals surface area contributed by atoms with E-state index in [1.165, 1.54) is 0 Å². The molecule has 241 valence electrons. The summed E-state index contributed by atoms with van der Waals surface area (Å²) in [5.74, 6) is -1.86. The summed E-state index contributed by atoms with van der Waals surface area (Å²) in [7, 11) is 0. The number of carboxylic acids is 2. The Morgan fingerprint density at radius 1 is 0.578 bits per heavy atom. The predicted octanol–water partition coefficient (Wildman–Crippen LogP) is 0.516. The first kappa shape index (κ1) is 33.9. The number of carbonyl (C=O) groups is 2. The number of aliphatic hydroxyl groups excluding tert-OH is 2. The number of aromatic nitrogens is 4. The Bertz CT molecular complexity index is 2040. The van der Waals surface area contributed by atoms with Crippen molar-refractivity contribution < 1.29 is 46.8 Å². The van der Waals surface area contributed by atoms with Crippen molar-refractivity contribution in [2.75, 3.05) is 0 Å². The minimum absolute atomic E-state index is 0. The Morgan fingerprint density at radius 3 is 1.64 bits per heavy atom. The van der Waals surface area contributed by atoms with Crippen LogP contribution < -0.4 is 41.3 Å². The SMILES string of the molecule is Cc1c2[n-]c(c1CCC(=O)O)/C=c1\[n-]/c(c(C)c1CCC(=O)O)=C\c1[n-]c(c(C)c1C(C)O)/C=c1\[n-]/c(c(C)c1C(C)O)=C\2.[Co]. The van der Waals surface area contributed by atoms with Crippen LogP contribution in [0.3, 0.4) is 0 Å². The summed E-state index contributed by atoms with van der Waals surface area (Å²) in [6.07, 6.45) is 5.93. The van der Waals surface area contributed by atoms with E-state index >= 15 is 0 Å². The third-order valence-electron chi connectivity index (χ3n) is 8.49. The number of hydrogen-bond acceptors (Lipinski definition) is 4. The molecular formula is C34H36CoN4O6-4. The van der Waals surface area contributed by atoms with Crippen molar-refractivity contribution in [1.82, 2.24) is 19.9 Å². The van der Waals surface area contributed by atoms with Gasteiger partial charge in [0.15, 0.2) is 0 Å². The maximum Gasteiger partial charge on any atom is 0.303 e. The van der Waals surface area contributed by atoms with Crippen molar-refractivity contribution in [1.29, 1.82) is 0 Å². The zero-order chi connectivity index (χ0) is 32.0. The fraction of sp³-hybridized carbons (Fsp3) is 0.353. The molecule has 0 aliphatic carbocycles. The summed E-state index contributed by atoms with van der Waals surface area (Å²) in [6.45, 7) is 10.9. The van der Waals surface area contributed by atoms with Crippen molar-refractivity contribution in [3.05, 3.63) is 88.7 Å². The van der Waals surface area contributed by atoms with Gasteiger partial charge in [0.05, 0.1) is 12.2 Å². The number of hydrogen-bond donors (Lipinski definition) is 4. The molecule has 8 bridgehead atoms. The van der Waals surface area contributed by atoms with Gasteiger partial charge in [0.25, 0.3) is 0 Å². The molecule has 4 N–H and O–H groups in total. The fourth-order valence-corrected chi connectivity index (χ4v) is 6.15. The maximum atomic E-state index is 11.5. The van der Waals surface area contributed by atoms with Gasteiger partial charge in [-0.05, 0) is 65.5 Å². The first-order chi connectivity index (χ1) is 20.8. The number of rotatable bonds is 8. The topological polar surface area (TPSA) is 171 Å². The number of aliphatic carboxylic acids is 2. The quantitative estimate of drug-likeness (QED) is 0.185. The molecule has 10 nitrogen and oxygen atoms in total. The van der Waals surface area contributed by atoms with Crippen LogP contribution in [0.1, 0.15) is 106 Å². The molecule has 5 heterocycles. The van der Waals surface area contributed by atoms with E-state index in [0.29, 0.717) is 55.3 Å². The van der Waals surface area contributed by atoms with Gasteiger partial charge in [-0.2, -0.15) is 0 Å². The van der Waals surface area contributed by atoms with Crippen LogP contribution >= 0.6 is 0 Å². The van der Waals surface area contributed by atoms with Crippen LogP contribution in [0.25, 0.3) is 24.3 Å². The van der Waals surface area contributed by atoms with Gasteiger partial charge >= 0.3 is 11.9 Å². The number of carboxylic acid groups (broad SMARTS) is 2.